The first-order valence-electron chi connectivity index (χ1n) is 6.85. The molecule has 0 atom stereocenters. The van der Waals surface area contributed by atoms with E-state index >= 15 is 0 Å². The summed E-state index contributed by atoms with van der Waals surface area (Å²) in [6.45, 7) is 7.29. The van der Waals surface area contributed by atoms with Crippen LogP contribution in [0.25, 0.3) is 0 Å². The van der Waals surface area contributed by atoms with E-state index in [-0.39, 0.29) is 5.97 Å². The van der Waals surface area contributed by atoms with Crippen LogP contribution in [0.1, 0.15) is 38.5 Å². The zero-order valence-electron chi connectivity index (χ0n) is 11.7. The third-order valence-electron chi connectivity index (χ3n) is 2.75. The summed E-state index contributed by atoms with van der Waals surface area (Å²) in [5.41, 5.74) is 5.36. The summed E-state index contributed by atoms with van der Waals surface area (Å²) in [5, 5.41) is 0. The summed E-state index contributed by atoms with van der Waals surface area (Å²) in [7, 11) is 2.11. The summed E-state index contributed by atoms with van der Waals surface area (Å²) >= 11 is 0. The molecule has 4 heteroatoms. The topological polar surface area (TPSA) is 55.6 Å². The predicted octanol–water partition coefficient (Wildman–Crippen LogP) is 1.95. The zero-order chi connectivity index (χ0) is 13.6. The molecule has 0 radical (unpaired) electrons. The number of nitrogens with zero attached hydrogens (tertiary/aromatic N) is 1. The number of esters is 1. The minimum Gasteiger partial charge on any atom is -0.466 e. The number of carbonyl (C=O) groups excluding carboxylic acids is 1. The van der Waals surface area contributed by atoms with Crippen LogP contribution in [0.3, 0.4) is 0 Å². The Morgan fingerprint density at radius 1 is 1.39 bits per heavy atom. The Balaban J connectivity index is 0.000000327. The van der Waals surface area contributed by atoms with E-state index in [2.05, 4.69) is 18.5 Å². The van der Waals surface area contributed by atoms with Crippen molar-refractivity contribution in [1.29, 1.82) is 0 Å². The van der Waals surface area contributed by atoms with Gasteiger partial charge in [0.2, 0.25) is 0 Å². The van der Waals surface area contributed by atoms with Crippen LogP contribution in [0.4, 0.5) is 0 Å². The number of hydrogen-bond acceptors (Lipinski definition) is 4. The largest absolute Gasteiger partial charge is 0.466 e. The summed E-state index contributed by atoms with van der Waals surface area (Å²) < 4.78 is 4.76. The monoisotopic (exact) mass is 256 g/mol. The van der Waals surface area contributed by atoms with Gasteiger partial charge in [-0.1, -0.05) is 6.08 Å². The van der Waals surface area contributed by atoms with E-state index in [9.17, 15) is 4.79 Å². The van der Waals surface area contributed by atoms with Crippen LogP contribution in [0, 0.1) is 0 Å². The quantitative estimate of drug-likeness (QED) is 0.583. The maximum Gasteiger partial charge on any atom is 0.305 e. The number of ether oxygens (including phenoxy) is 1. The van der Waals surface area contributed by atoms with Gasteiger partial charge in [0.25, 0.3) is 0 Å². The summed E-state index contributed by atoms with van der Waals surface area (Å²) in [5.74, 6) is -0.0255. The number of cyclic esters (lactones) is 1. The van der Waals surface area contributed by atoms with Crippen LogP contribution in [-0.4, -0.2) is 44.2 Å². The van der Waals surface area contributed by atoms with Crippen molar-refractivity contribution in [3.8, 4) is 0 Å². The molecule has 106 valence electrons. The van der Waals surface area contributed by atoms with Crippen molar-refractivity contribution in [2.75, 3.05) is 33.3 Å². The highest BCUT2D eigenvalue weighted by Crippen LogP contribution is 2.06. The van der Waals surface area contributed by atoms with Crippen molar-refractivity contribution in [2.24, 2.45) is 5.73 Å². The van der Waals surface area contributed by atoms with E-state index in [1.807, 2.05) is 6.08 Å². The van der Waals surface area contributed by atoms with Gasteiger partial charge in [-0.2, -0.15) is 0 Å². The lowest BCUT2D eigenvalue weighted by atomic mass is 10.2. The van der Waals surface area contributed by atoms with Gasteiger partial charge in [-0.15, -0.1) is 6.58 Å². The third-order valence-corrected chi connectivity index (χ3v) is 2.75. The zero-order valence-corrected chi connectivity index (χ0v) is 11.7. The van der Waals surface area contributed by atoms with Gasteiger partial charge >= 0.3 is 5.97 Å². The predicted molar refractivity (Wildman–Crippen MR) is 75.4 cm³/mol. The van der Waals surface area contributed by atoms with Crippen molar-refractivity contribution in [3.05, 3.63) is 12.7 Å². The molecule has 0 unspecified atom stereocenters. The second kappa shape index (κ2) is 12.6. The maximum atomic E-state index is 10.5. The van der Waals surface area contributed by atoms with E-state index in [4.69, 9.17) is 10.5 Å². The molecule has 1 rings (SSSR count). The smallest absolute Gasteiger partial charge is 0.305 e. The Morgan fingerprint density at radius 3 is 2.83 bits per heavy atom. The van der Waals surface area contributed by atoms with E-state index in [1.165, 1.54) is 0 Å². The number of rotatable bonds is 6. The molecule has 2 N–H and O–H groups in total. The van der Waals surface area contributed by atoms with Crippen molar-refractivity contribution < 1.29 is 9.53 Å². The molecule has 0 saturated carbocycles. The average molecular weight is 256 g/mol. The summed E-state index contributed by atoms with van der Waals surface area (Å²) in [6, 6.07) is 0. The van der Waals surface area contributed by atoms with Crippen molar-refractivity contribution in [3.63, 3.8) is 0 Å². The minimum atomic E-state index is -0.0255. The molecule has 0 aromatic carbocycles. The average Bonchev–Trinajstić information content (AvgIpc) is 2.62. The fourth-order valence-corrected chi connectivity index (χ4v) is 1.59. The normalized spacial score (nSPS) is 15.4. The molecule has 0 amide bonds. The van der Waals surface area contributed by atoms with Crippen LogP contribution < -0.4 is 5.73 Å². The van der Waals surface area contributed by atoms with Crippen molar-refractivity contribution in [2.45, 2.75) is 38.5 Å². The molecule has 1 saturated heterocycles. The van der Waals surface area contributed by atoms with E-state index in [0.717, 1.165) is 51.7 Å². The Morgan fingerprint density at radius 2 is 2.17 bits per heavy atom. The van der Waals surface area contributed by atoms with Crippen LogP contribution in [0.2, 0.25) is 0 Å². The molecule has 1 fully saturated rings. The molecule has 0 bridgehead atoms. The van der Waals surface area contributed by atoms with Gasteiger partial charge in [0, 0.05) is 13.0 Å². The summed E-state index contributed by atoms with van der Waals surface area (Å²) in [4.78, 5) is 12.7. The van der Waals surface area contributed by atoms with Gasteiger partial charge in [0.05, 0.1) is 6.61 Å². The molecular weight excluding hydrogens is 228 g/mol. The number of carbonyl (C=O) groups is 1. The third kappa shape index (κ3) is 11.6. The van der Waals surface area contributed by atoms with Gasteiger partial charge in [0.1, 0.15) is 0 Å². The molecule has 0 aliphatic carbocycles. The van der Waals surface area contributed by atoms with Crippen LogP contribution >= 0.6 is 0 Å². The van der Waals surface area contributed by atoms with Gasteiger partial charge in [-0.25, -0.2) is 0 Å². The van der Waals surface area contributed by atoms with Crippen LogP contribution in [-0.2, 0) is 9.53 Å². The maximum absolute atomic E-state index is 10.5. The van der Waals surface area contributed by atoms with E-state index in [1.54, 1.807) is 0 Å². The lowest BCUT2D eigenvalue weighted by Gasteiger charge is -2.13. The first-order valence-corrected chi connectivity index (χ1v) is 6.85. The van der Waals surface area contributed by atoms with Crippen molar-refractivity contribution in [1.82, 2.24) is 4.90 Å². The summed E-state index contributed by atoms with van der Waals surface area (Å²) in [6.07, 6.45) is 7.93. The van der Waals surface area contributed by atoms with Crippen LogP contribution in [0.5, 0.6) is 0 Å². The fraction of sp³-hybridized carbons (Fsp3) is 0.786. The first kappa shape index (κ1) is 17.1. The van der Waals surface area contributed by atoms with Crippen LogP contribution in [0.15, 0.2) is 12.7 Å². The molecule has 1 aliphatic rings. The SMILES string of the molecule is C=CCCN(C)CCCN.O=C1CCCCCO1. The number of hydrogen-bond donors (Lipinski definition) is 1. The Hall–Kier alpha value is -0.870. The molecule has 0 spiro atoms. The Bertz CT molecular complexity index is 210. The fourth-order valence-electron chi connectivity index (χ4n) is 1.59. The van der Waals surface area contributed by atoms with Gasteiger partial charge in [0.15, 0.2) is 0 Å². The van der Waals surface area contributed by atoms with Gasteiger partial charge < -0.3 is 15.4 Å². The molecule has 1 heterocycles. The first-order chi connectivity index (χ1) is 8.70. The Kier molecular flexibility index (Phi) is 12.0. The highest BCUT2D eigenvalue weighted by atomic mass is 16.5. The second-order valence-electron chi connectivity index (χ2n) is 4.55. The lowest BCUT2D eigenvalue weighted by Crippen LogP contribution is -2.22. The molecule has 18 heavy (non-hydrogen) atoms. The number of nitrogens with two attached hydrogens (primary N) is 1. The highest BCUT2D eigenvalue weighted by Gasteiger charge is 2.05. The highest BCUT2D eigenvalue weighted by molar-refractivity contribution is 5.69. The van der Waals surface area contributed by atoms with Gasteiger partial charge in [-0.3, -0.25) is 4.79 Å². The standard InChI is InChI=1S/C8H18N2.C6H10O2/c1-3-4-7-10(2)8-5-6-9;7-6-4-2-1-3-5-8-6/h3H,1,4-9H2,2H3;1-5H2. The Labute approximate surface area is 111 Å². The van der Waals surface area contributed by atoms with E-state index < -0.39 is 0 Å². The minimum absolute atomic E-state index is 0.0255. The molecule has 1 aliphatic heterocycles. The second-order valence-corrected chi connectivity index (χ2v) is 4.55. The van der Waals surface area contributed by atoms with E-state index in [0.29, 0.717) is 13.0 Å². The molecular formula is C14H28N2O2. The van der Waals surface area contributed by atoms with Gasteiger partial charge in [-0.05, 0) is 52.2 Å². The molecule has 0 aromatic rings. The lowest BCUT2D eigenvalue weighted by molar-refractivity contribution is -0.142. The molecule has 4 nitrogen and oxygen atoms in total. The van der Waals surface area contributed by atoms with Crippen molar-refractivity contribution >= 4 is 5.97 Å². The molecule has 0 aromatic heterocycles.